The Bertz CT molecular complexity index is 741. The fourth-order valence-corrected chi connectivity index (χ4v) is 3.02. The van der Waals surface area contributed by atoms with Crippen molar-refractivity contribution in [3.8, 4) is 10.7 Å². The fraction of sp³-hybridized carbons (Fsp3) is 0.250. The van der Waals surface area contributed by atoms with E-state index < -0.39 is 0 Å². The zero-order chi connectivity index (χ0) is 15.5. The third-order valence-corrected chi connectivity index (χ3v) is 4.62. The summed E-state index contributed by atoms with van der Waals surface area (Å²) in [6, 6.07) is 11.8. The normalized spacial score (nSPS) is 12.7. The minimum absolute atomic E-state index is 0.0280. The number of nitrogens with zero attached hydrogens (tertiary/aromatic N) is 3. The third kappa shape index (κ3) is 3.38. The minimum atomic E-state index is 0.0280. The van der Waals surface area contributed by atoms with Crippen LogP contribution in [-0.4, -0.2) is 22.1 Å². The smallest absolute Gasteiger partial charge is 0.244 e. The van der Waals surface area contributed by atoms with Gasteiger partial charge >= 0.3 is 0 Å². The first-order valence-electron chi connectivity index (χ1n) is 6.95. The van der Waals surface area contributed by atoms with Crippen LogP contribution in [0, 0.1) is 0 Å². The molecule has 114 valence electrons. The van der Waals surface area contributed by atoms with Gasteiger partial charge in [0.1, 0.15) is 0 Å². The van der Waals surface area contributed by atoms with Gasteiger partial charge in [-0.3, -0.25) is 4.90 Å². The molecule has 0 aliphatic carbocycles. The van der Waals surface area contributed by atoms with Crippen LogP contribution in [0.1, 0.15) is 24.4 Å². The highest BCUT2D eigenvalue weighted by Gasteiger charge is 2.19. The van der Waals surface area contributed by atoms with Gasteiger partial charge in [0.05, 0.1) is 10.9 Å². The number of halogens is 1. The van der Waals surface area contributed by atoms with E-state index in [4.69, 9.17) is 16.1 Å². The number of thiophene rings is 1. The number of aromatic nitrogens is 2. The van der Waals surface area contributed by atoms with E-state index in [0.29, 0.717) is 11.7 Å². The van der Waals surface area contributed by atoms with Crippen LogP contribution in [-0.2, 0) is 6.54 Å². The molecule has 0 saturated carbocycles. The Labute approximate surface area is 138 Å². The van der Waals surface area contributed by atoms with Crippen molar-refractivity contribution in [3.63, 3.8) is 0 Å². The van der Waals surface area contributed by atoms with Crippen LogP contribution in [0.2, 0.25) is 5.02 Å². The van der Waals surface area contributed by atoms with E-state index in [-0.39, 0.29) is 6.04 Å². The van der Waals surface area contributed by atoms with Gasteiger partial charge in [0.25, 0.3) is 0 Å². The Hall–Kier alpha value is -1.69. The largest absolute Gasteiger partial charge is 0.337 e. The van der Waals surface area contributed by atoms with Crippen LogP contribution in [0.3, 0.4) is 0 Å². The lowest BCUT2D eigenvalue weighted by Gasteiger charge is -2.21. The summed E-state index contributed by atoms with van der Waals surface area (Å²) in [4.78, 5) is 7.66. The first-order valence-corrected chi connectivity index (χ1v) is 8.21. The standard InChI is InChI=1S/C16H16ClN3OS/c1-11(20(2)10-12-5-3-6-13(17)9-12)16-18-15(19-21-16)14-7-4-8-22-14/h3-9,11H,10H2,1-2H3/t11-/m1/s1. The molecule has 0 unspecified atom stereocenters. The molecule has 2 heterocycles. The lowest BCUT2D eigenvalue weighted by atomic mass is 10.2. The molecule has 6 heteroatoms. The van der Waals surface area contributed by atoms with Gasteiger partial charge in [-0.15, -0.1) is 11.3 Å². The molecule has 3 aromatic rings. The van der Waals surface area contributed by atoms with Crippen molar-refractivity contribution in [1.29, 1.82) is 0 Å². The van der Waals surface area contributed by atoms with Crippen molar-refractivity contribution in [2.45, 2.75) is 19.5 Å². The second kappa shape index (κ2) is 6.60. The van der Waals surface area contributed by atoms with Crippen LogP contribution >= 0.6 is 22.9 Å². The van der Waals surface area contributed by atoms with Gasteiger partial charge in [0.15, 0.2) is 0 Å². The minimum Gasteiger partial charge on any atom is -0.337 e. The molecule has 0 N–H and O–H groups in total. The Balaban J connectivity index is 1.72. The molecule has 1 atom stereocenters. The topological polar surface area (TPSA) is 42.2 Å². The number of benzene rings is 1. The molecule has 0 fully saturated rings. The Kier molecular flexibility index (Phi) is 4.57. The zero-order valence-electron chi connectivity index (χ0n) is 12.4. The van der Waals surface area contributed by atoms with Gasteiger partial charge in [0, 0.05) is 11.6 Å². The van der Waals surface area contributed by atoms with Crippen molar-refractivity contribution < 1.29 is 4.52 Å². The maximum absolute atomic E-state index is 6.03. The summed E-state index contributed by atoms with van der Waals surface area (Å²) in [7, 11) is 2.03. The number of rotatable bonds is 5. The Morgan fingerprint density at radius 1 is 1.32 bits per heavy atom. The molecule has 0 saturated heterocycles. The second-order valence-electron chi connectivity index (χ2n) is 5.15. The van der Waals surface area contributed by atoms with Crippen molar-refractivity contribution >= 4 is 22.9 Å². The average molecular weight is 334 g/mol. The van der Waals surface area contributed by atoms with E-state index in [1.807, 2.05) is 42.8 Å². The molecule has 3 rings (SSSR count). The van der Waals surface area contributed by atoms with E-state index in [1.165, 1.54) is 0 Å². The average Bonchev–Trinajstić information content (AvgIpc) is 3.17. The third-order valence-electron chi connectivity index (χ3n) is 3.52. The van der Waals surface area contributed by atoms with Gasteiger partial charge in [-0.25, -0.2) is 0 Å². The summed E-state index contributed by atoms with van der Waals surface area (Å²) in [6.45, 7) is 2.81. The predicted octanol–water partition coefficient (Wildman–Crippen LogP) is 4.64. The molecule has 22 heavy (non-hydrogen) atoms. The van der Waals surface area contributed by atoms with Crippen LogP contribution in [0.15, 0.2) is 46.3 Å². The van der Waals surface area contributed by atoms with Crippen LogP contribution < -0.4 is 0 Å². The van der Waals surface area contributed by atoms with Gasteiger partial charge in [-0.1, -0.05) is 35.0 Å². The van der Waals surface area contributed by atoms with E-state index in [1.54, 1.807) is 11.3 Å². The molecule has 0 aliphatic rings. The molecule has 0 bridgehead atoms. The van der Waals surface area contributed by atoms with Crippen molar-refractivity contribution in [2.24, 2.45) is 0 Å². The van der Waals surface area contributed by atoms with Gasteiger partial charge in [-0.2, -0.15) is 4.98 Å². The van der Waals surface area contributed by atoms with Crippen molar-refractivity contribution in [2.75, 3.05) is 7.05 Å². The molecule has 1 aromatic carbocycles. The second-order valence-corrected chi connectivity index (χ2v) is 6.54. The zero-order valence-corrected chi connectivity index (χ0v) is 13.9. The number of hydrogen-bond acceptors (Lipinski definition) is 5. The van der Waals surface area contributed by atoms with Gasteiger partial charge in [-0.05, 0) is 43.1 Å². The molecular formula is C16H16ClN3OS. The lowest BCUT2D eigenvalue weighted by molar-refractivity contribution is 0.202. The van der Waals surface area contributed by atoms with E-state index in [0.717, 1.165) is 22.0 Å². The molecule has 0 radical (unpaired) electrons. The molecule has 0 aliphatic heterocycles. The van der Waals surface area contributed by atoms with Gasteiger partial charge in [0.2, 0.25) is 11.7 Å². The van der Waals surface area contributed by atoms with Crippen LogP contribution in [0.5, 0.6) is 0 Å². The fourth-order valence-electron chi connectivity index (χ4n) is 2.16. The van der Waals surface area contributed by atoms with E-state index in [2.05, 4.69) is 28.0 Å². The summed E-state index contributed by atoms with van der Waals surface area (Å²) in [5.41, 5.74) is 1.15. The SMILES string of the molecule is C[C@H](c1nc(-c2cccs2)no1)N(C)Cc1cccc(Cl)c1. The maximum atomic E-state index is 6.03. The Morgan fingerprint density at radius 2 is 2.18 bits per heavy atom. The van der Waals surface area contributed by atoms with E-state index >= 15 is 0 Å². The first-order chi connectivity index (χ1) is 10.6. The molecule has 0 spiro atoms. The molecule has 4 nitrogen and oxygen atoms in total. The summed E-state index contributed by atoms with van der Waals surface area (Å²) in [5.74, 6) is 1.26. The van der Waals surface area contributed by atoms with Crippen LogP contribution in [0.4, 0.5) is 0 Å². The maximum Gasteiger partial charge on any atom is 0.244 e. The summed E-state index contributed by atoms with van der Waals surface area (Å²) in [6.07, 6.45) is 0. The highest BCUT2D eigenvalue weighted by Crippen LogP contribution is 2.25. The number of hydrogen-bond donors (Lipinski definition) is 0. The Morgan fingerprint density at radius 3 is 2.91 bits per heavy atom. The summed E-state index contributed by atoms with van der Waals surface area (Å²) < 4.78 is 5.41. The lowest BCUT2D eigenvalue weighted by Crippen LogP contribution is -2.22. The van der Waals surface area contributed by atoms with Crippen molar-refractivity contribution in [3.05, 3.63) is 58.3 Å². The first kappa shape index (κ1) is 15.2. The summed E-state index contributed by atoms with van der Waals surface area (Å²) in [5, 5.41) is 6.81. The summed E-state index contributed by atoms with van der Waals surface area (Å²) >= 11 is 7.63. The molecule has 2 aromatic heterocycles. The monoisotopic (exact) mass is 333 g/mol. The quantitative estimate of drug-likeness (QED) is 0.682. The molecular weight excluding hydrogens is 318 g/mol. The highest BCUT2D eigenvalue weighted by molar-refractivity contribution is 7.13. The highest BCUT2D eigenvalue weighted by atomic mass is 35.5. The van der Waals surface area contributed by atoms with Gasteiger partial charge < -0.3 is 4.52 Å². The van der Waals surface area contributed by atoms with Crippen LogP contribution in [0.25, 0.3) is 10.7 Å². The predicted molar refractivity (Wildman–Crippen MR) is 88.9 cm³/mol. The van der Waals surface area contributed by atoms with Crippen molar-refractivity contribution in [1.82, 2.24) is 15.0 Å². The molecule has 0 amide bonds. The van der Waals surface area contributed by atoms with E-state index in [9.17, 15) is 0 Å².